The predicted octanol–water partition coefficient (Wildman–Crippen LogP) is 1.89. The lowest BCUT2D eigenvalue weighted by molar-refractivity contribution is 0.399. The topological polar surface area (TPSA) is 61.8 Å². The largest absolute Gasteiger partial charge is 0.337 e. The van der Waals surface area contributed by atoms with E-state index in [4.69, 9.17) is 11.6 Å². The van der Waals surface area contributed by atoms with Crippen LogP contribution < -0.4 is 11.2 Å². The number of benzene rings is 1. The number of hydrogen-bond donors (Lipinski definition) is 0. The van der Waals surface area contributed by atoms with Gasteiger partial charge in [0.05, 0.1) is 17.2 Å². The van der Waals surface area contributed by atoms with Gasteiger partial charge in [0.1, 0.15) is 0 Å². The third-order valence-corrected chi connectivity index (χ3v) is 4.13. The molecule has 2 heterocycles. The van der Waals surface area contributed by atoms with E-state index in [2.05, 4.69) is 4.98 Å². The highest BCUT2D eigenvalue weighted by Gasteiger charge is 2.14. The minimum absolute atomic E-state index is 0.111. The molecule has 0 amide bonds. The SMILES string of the molecule is CC(Cn1ccnc1)Cn1c(=O)c2ccc(Cl)cc2n(C)c1=O. The molecule has 0 radical (unpaired) electrons. The Morgan fingerprint density at radius 2 is 2.04 bits per heavy atom. The van der Waals surface area contributed by atoms with Gasteiger partial charge in [-0.15, -0.1) is 0 Å². The van der Waals surface area contributed by atoms with E-state index in [9.17, 15) is 9.59 Å². The molecule has 0 fully saturated rings. The Morgan fingerprint density at radius 3 is 2.74 bits per heavy atom. The fourth-order valence-corrected chi connectivity index (χ4v) is 2.93. The first-order valence-corrected chi connectivity index (χ1v) is 7.70. The second-order valence-corrected chi connectivity index (χ2v) is 6.22. The summed E-state index contributed by atoms with van der Waals surface area (Å²) in [5, 5.41) is 0.990. The number of nitrogens with zero attached hydrogens (tertiary/aromatic N) is 4. The highest BCUT2D eigenvalue weighted by atomic mass is 35.5. The number of halogens is 1. The van der Waals surface area contributed by atoms with Crippen LogP contribution in [-0.4, -0.2) is 18.7 Å². The molecule has 0 aliphatic rings. The minimum Gasteiger partial charge on any atom is -0.337 e. The Bertz CT molecular complexity index is 957. The molecule has 1 unspecified atom stereocenters. The average molecular weight is 333 g/mol. The highest BCUT2D eigenvalue weighted by molar-refractivity contribution is 6.31. The first-order valence-electron chi connectivity index (χ1n) is 7.32. The van der Waals surface area contributed by atoms with Crippen molar-refractivity contribution in [2.75, 3.05) is 0 Å². The van der Waals surface area contributed by atoms with E-state index in [0.29, 0.717) is 29.0 Å². The number of hydrogen-bond acceptors (Lipinski definition) is 3. The van der Waals surface area contributed by atoms with Crippen LogP contribution in [0.5, 0.6) is 0 Å². The smallest absolute Gasteiger partial charge is 0.331 e. The molecule has 0 saturated heterocycles. The fraction of sp³-hybridized carbons (Fsp3) is 0.312. The van der Waals surface area contributed by atoms with Gasteiger partial charge in [-0.1, -0.05) is 18.5 Å². The summed E-state index contributed by atoms with van der Waals surface area (Å²) in [5.74, 6) is 0.111. The minimum atomic E-state index is -0.331. The van der Waals surface area contributed by atoms with Gasteiger partial charge in [-0.3, -0.25) is 13.9 Å². The summed E-state index contributed by atoms with van der Waals surface area (Å²) < 4.78 is 4.69. The Kier molecular flexibility index (Phi) is 4.09. The van der Waals surface area contributed by atoms with Gasteiger partial charge in [0, 0.05) is 37.6 Å². The maximum atomic E-state index is 12.6. The van der Waals surface area contributed by atoms with Crippen molar-refractivity contribution >= 4 is 22.5 Å². The average Bonchev–Trinajstić information content (AvgIpc) is 3.02. The molecule has 3 aromatic rings. The number of rotatable bonds is 4. The first kappa shape index (κ1) is 15.6. The maximum Gasteiger partial charge on any atom is 0.331 e. The van der Waals surface area contributed by atoms with Crippen molar-refractivity contribution in [2.24, 2.45) is 13.0 Å². The molecular weight excluding hydrogens is 316 g/mol. The van der Waals surface area contributed by atoms with Crippen molar-refractivity contribution in [3.63, 3.8) is 0 Å². The van der Waals surface area contributed by atoms with Gasteiger partial charge >= 0.3 is 5.69 Å². The van der Waals surface area contributed by atoms with Crippen LogP contribution in [-0.2, 0) is 20.1 Å². The molecule has 1 atom stereocenters. The van der Waals surface area contributed by atoms with Crippen LogP contribution in [0.3, 0.4) is 0 Å². The molecule has 7 heteroatoms. The number of aryl methyl sites for hydroxylation is 1. The van der Waals surface area contributed by atoms with Gasteiger partial charge in [-0.2, -0.15) is 0 Å². The van der Waals surface area contributed by atoms with E-state index in [1.165, 1.54) is 9.13 Å². The van der Waals surface area contributed by atoms with E-state index in [0.717, 1.165) is 0 Å². The molecule has 2 aromatic heterocycles. The standard InChI is InChI=1S/C16H17ClN4O2/c1-11(8-20-6-5-18-10-20)9-21-15(22)13-4-3-12(17)7-14(13)19(2)16(21)23/h3-7,10-11H,8-9H2,1-2H3. The molecule has 0 aliphatic carbocycles. The highest BCUT2D eigenvalue weighted by Crippen LogP contribution is 2.15. The van der Waals surface area contributed by atoms with E-state index in [-0.39, 0.29) is 17.2 Å². The van der Waals surface area contributed by atoms with Crippen molar-refractivity contribution in [2.45, 2.75) is 20.0 Å². The number of aromatic nitrogens is 4. The molecule has 1 aromatic carbocycles. The van der Waals surface area contributed by atoms with Crippen LogP contribution in [0.25, 0.3) is 10.9 Å². The van der Waals surface area contributed by atoms with Crippen LogP contribution in [0.2, 0.25) is 5.02 Å². The van der Waals surface area contributed by atoms with Crippen molar-refractivity contribution < 1.29 is 0 Å². The molecule has 3 rings (SSSR count). The maximum absolute atomic E-state index is 12.6. The molecular formula is C16H17ClN4O2. The normalized spacial score (nSPS) is 12.7. The van der Waals surface area contributed by atoms with Gasteiger partial charge in [0.15, 0.2) is 0 Å². The monoisotopic (exact) mass is 332 g/mol. The summed E-state index contributed by atoms with van der Waals surface area (Å²) in [7, 11) is 1.65. The van der Waals surface area contributed by atoms with Crippen molar-refractivity contribution in [3.8, 4) is 0 Å². The van der Waals surface area contributed by atoms with E-state index >= 15 is 0 Å². The molecule has 0 spiro atoms. The van der Waals surface area contributed by atoms with E-state index in [1.54, 1.807) is 37.8 Å². The van der Waals surface area contributed by atoms with Crippen LogP contribution in [0.1, 0.15) is 6.92 Å². The lowest BCUT2D eigenvalue weighted by Gasteiger charge is -2.15. The molecule has 120 valence electrons. The third kappa shape index (κ3) is 2.94. The Labute approximate surface area is 137 Å². The second kappa shape index (κ2) is 6.04. The predicted molar refractivity (Wildman–Crippen MR) is 89.9 cm³/mol. The van der Waals surface area contributed by atoms with Crippen molar-refractivity contribution in [1.29, 1.82) is 0 Å². The van der Waals surface area contributed by atoms with Crippen LogP contribution in [0.15, 0.2) is 46.5 Å². The third-order valence-electron chi connectivity index (χ3n) is 3.89. The molecule has 0 saturated carbocycles. The van der Waals surface area contributed by atoms with Gasteiger partial charge in [-0.25, -0.2) is 9.78 Å². The van der Waals surface area contributed by atoms with E-state index < -0.39 is 0 Å². The quantitative estimate of drug-likeness (QED) is 0.733. The Morgan fingerprint density at radius 1 is 1.26 bits per heavy atom. The second-order valence-electron chi connectivity index (χ2n) is 5.78. The zero-order valence-electron chi connectivity index (χ0n) is 12.9. The molecule has 0 bridgehead atoms. The zero-order valence-corrected chi connectivity index (χ0v) is 13.7. The van der Waals surface area contributed by atoms with Gasteiger partial charge in [0.25, 0.3) is 5.56 Å². The summed E-state index contributed by atoms with van der Waals surface area (Å²) in [4.78, 5) is 29.2. The fourth-order valence-electron chi connectivity index (χ4n) is 2.76. The van der Waals surface area contributed by atoms with Gasteiger partial charge < -0.3 is 4.57 Å². The van der Waals surface area contributed by atoms with Crippen molar-refractivity contribution in [3.05, 3.63) is 62.8 Å². The summed E-state index contributed by atoms with van der Waals surface area (Å²) >= 11 is 5.97. The van der Waals surface area contributed by atoms with Crippen LogP contribution >= 0.6 is 11.6 Å². The molecule has 23 heavy (non-hydrogen) atoms. The summed E-state index contributed by atoms with van der Waals surface area (Å²) in [6.07, 6.45) is 5.29. The van der Waals surface area contributed by atoms with Gasteiger partial charge in [0.2, 0.25) is 0 Å². The van der Waals surface area contributed by atoms with E-state index in [1.807, 2.05) is 17.7 Å². The summed E-state index contributed by atoms with van der Waals surface area (Å²) in [6.45, 7) is 3.04. The van der Waals surface area contributed by atoms with Crippen LogP contribution in [0.4, 0.5) is 0 Å². The molecule has 6 nitrogen and oxygen atoms in total. The zero-order chi connectivity index (χ0) is 16.6. The lowest BCUT2D eigenvalue weighted by Crippen LogP contribution is -2.40. The Balaban J connectivity index is 2.02. The molecule has 0 N–H and O–H groups in total. The summed E-state index contributed by atoms with van der Waals surface area (Å²) in [6, 6.07) is 4.96. The number of fused-ring (bicyclic) bond motifs is 1. The number of imidazole rings is 1. The van der Waals surface area contributed by atoms with Gasteiger partial charge in [-0.05, 0) is 24.1 Å². The lowest BCUT2D eigenvalue weighted by atomic mass is 10.1. The molecule has 0 aliphatic heterocycles. The first-order chi connectivity index (χ1) is 11.0. The Hall–Kier alpha value is -2.34. The summed E-state index contributed by atoms with van der Waals surface area (Å²) in [5.41, 5.74) is -0.0643. The van der Waals surface area contributed by atoms with Crippen molar-refractivity contribution in [1.82, 2.24) is 18.7 Å². The van der Waals surface area contributed by atoms with Crippen LogP contribution in [0, 0.1) is 5.92 Å².